The van der Waals surface area contributed by atoms with Crippen LogP contribution in [0.25, 0.3) is 10.1 Å². The van der Waals surface area contributed by atoms with Crippen LogP contribution >= 0.6 is 35.6 Å². The summed E-state index contributed by atoms with van der Waals surface area (Å²) in [6.07, 6.45) is 0. The van der Waals surface area contributed by atoms with Crippen LogP contribution in [0.15, 0.2) is 23.1 Å². The molecule has 0 N–H and O–H groups in total. The van der Waals surface area contributed by atoms with E-state index in [0.29, 0.717) is 11.4 Å². The number of nitrogens with zero attached hydrogens (tertiary/aromatic N) is 1. The second-order valence-electron chi connectivity index (χ2n) is 2.80. The van der Waals surface area contributed by atoms with Gasteiger partial charge in [0.05, 0.1) is 11.4 Å². The van der Waals surface area contributed by atoms with Crippen LogP contribution in [0.4, 0.5) is 0 Å². The summed E-state index contributed by atoms with van der Waals surface area (Å²) in [6.45, 7) is 0. The van der Waals surface area contributed by atoms with Crippen molar-refractivity contribution in [3.05, 3.63) is 28.6 Å². The molecule has 1 nitrogen and oxygen atoms in total. The van der Waals surface area contributed by atoms with Gasteiger partial charge < -0.3 is 0 Å². The van der Waals surface area contributed by atoms with Gasteiger partial charge in [-0.25, -0.2) is 0 Å². The summed E-state index contributed by atoms with van der Waals surface area (Å²) in [5.74, 6) is 0.384. The van der Waals surface area contributed by atoms with Gasteiger partial charge in [-0.2, -0.15) is 5.26 Å². The van der Waals surface area contributed by atoms with Gasteiger partial charge >= 0.3 is 0 Å². The van der Waals surface area contributed by atoms with E-state index in [2.05, 4.69) is 18.7 Å². The lowest BCUT2D eigenvalue weighted by molar-refractivity contribution is 1.45. The third kappa shape index (κ3) is 1.40. The van der Waals surface area contributed by atoms with Crippen molar-refractivity contribution in [3.8, 4) is 6.07 Å². The Kier molecular flexibility index (Phi) is 2.69. The Morgan fingerprint density at radius 1 is 1.50 bits per heavy atom. The van der Waals surface area contributed by atoms with Gasteiger partial charge in [-0.1, -0.05) is 12.1 Å². The van der Waals surface area contributed by atoms with Gasteiger partial charge in [-0.05, 0) is 6.07 Å². The topological polar surface area (TPSA) is 23.8 Å². The molecule has 0 bridgehead atoms. The molecule has 2 aromatic rings. The number of nitriles is 1. The zero-order valence-corrected chi connectivity index (χ0v) is 9.59. The molecule has 1 aromatic heterocycles. The molecule has 4 heteroatoms. The molecule has 0 saturated heterocycles. The van der Waals surface area contributed by atoms with Gasteiger partial charge in [0.25, 0.3) is 0 Å². The molecular weight excluding hydrogens is 234 g/mol. The minimum atomic E-state index is 0.384. The molecule has 2 rings (SSSR count). The van der Waals surface area contributed by atoms with E-state index in [1.54, 1.807) is 11.3 Å². The first-order valence-electron chi connectivity index (χ1n) is 3.97. The lowest BCUT2D eigenvalue weighted by Crippen LogP contribution is -1.76. The van der Waals surface area contributed by atoms with E-state index >= 15 is 0 Å². The van der Waals surface area contributed by atoms with Crippen molar-refractivity contribution in [3.63, 3.8) is 0 Å². The standard InChI is InChI=1S/C10H6ClNS2/c11-4-9-7(5-12)6-2-1-3-8(13)10(6)14-9/h1-3,13H,4H2. The first-order valence-corrected chi connectivity index (χ1v) is 5.77. The van der Waals surface area contributed by atoms with Crippen LogP contribution in [0.1, 0.15) is 10.4 Å². The summed E-state index contributed by atoms with van der Waals surface area (Å²) in [4.78, 5) is 1.83. The van der Waals surface area contributed by atoms with Crippen molar-refractivity contribution >= 4 is 45.7 Å². The highest BCUT2D eigenvalue weighted by atomic mass is 35.5. The first kappa shape index (κ1) is 9.85. The molecular formula is C10H6ClNS2. The highest BCUT2D eigenvalue weighted by molar-refractivity contribution is 7.80. The molecule has 14 heavy (non-hydrogen) atoms. The van der Waals surface area contributed by atoms with E-state index < -0.39 is 0 Å². The van der Waals surface area contributed by atoms with Crippen LogP contribution < -0.4 is 0 Å². The summed E-state index contributed by atoms with van der Waals surface area (Å²) in [5, 5.41) is 9.96. The van der Waals surface area contributed by atoms with Crippen molar-refractivity contribution in [2.75, 3.05) is 0 Å². The number of benzene rings is 1. The Balaban J connectivity index is 2.88. The predicted octanol–water partition coefficient (Wildman–Crippen LogP) is 3.80. The monoisotopic (exact) mass is 239 g/mol. The highest BCUT2D eigenvalue weighted by Gasteiger charge is 2.11. The number of thiophene rings is 1. The minimum Gasteiger partial charge on any atom is -0.192 e. The molecule has 0 radical (unpaired) electrons. The molecule has 70 valence electrons. The van der Waals surface area contributed by atoms with Crippen molar-refractivity contribution in [2.45, 2.75) is 10.8 Å². The quantitative estimate of drug-likeness (QED) is 0.594. The third-order valence-electron chi connectivity index (χ3n) is 2.00. The van der Waals surface area contributed by atoms with E-state index in [0.717, 1.165) is 19.9 Å². The summed E-state index contributed by atoms with van der Waals surface area (Å²) >= 11 is 11.7. The smallest absolute Gasteiger partial charge is 0.101 e. The van der Waals surface area contributed by atoms with Crippen LogP contribution in [0.5, 0.6) is 0 Å². The van der Waals surface area contributed by atoms with Crippen molar-refractivity contribution in [1.29, 1.82) is 5.26 Å². The summed E-state index contributed by atoms with van der Waals surface area (Å²) in [7, 11) is 0. The Labute approximate surface area is 96.3 Å². The number of hydrogen-bond acceptors (Lipinski definition) is 3. The fraction of sp³-hybridized carbons (Fsp3) is 0.100. The SMILES string of the molecule is N#Cc1c(CCl)sc2c(S)cccc12. The normalized spacial score (nSPS) is 10.4. The van der Waals surface area contributed by atoms with Gasteiger partial charge in [-0.15, -0.1) is 35.6 Å². The average molecular weight is 240 g/mol. The Morgan fingerprint density at radius 2 is 2.29 bits per heavy atom. The lowest BCUT2D eigenvalue weighted by Gasteiger charge is -1.92. The maximum absolute atomic E-state index is 9.00. The van der Waals surface area contributed by atoms with Gasteiger partial charge in [0.15, 0.2) is 0 Å². The van der Waals surface area contributed by atoms with E-state index in [9.17, 15) is 0 Å². The molecule has 0 unspecified atom stereocenters. The summed E-state index contributed by atoms with van der Waals surface area (Å²) < 4.78 is 1.04. The van der Waals surface area contributed by atoms with Crippen molar-refractivity contribution in [1.82, 2.24) is 0 Å². The van der Waals surface area contributed by atoms with E-state index in [-0.39, 0.29) is 0 Å². The van der Waals surface area contributed by atoms with Gasteiger partial charge in [0.2, 0.25) is 0 Å². The Hall–Kier alpha value is -0.690. The molecule has 0 spiro atoms. The predicted molar refractivity (Wildman–Crippen MR) is 63.3 cm³/mol. The van der Waals surface area contributed by atoms with E-state index in [1.807, 2.05) is 18.2 Å². The number of halogens is 1. The van der Waals surface area contributed by atoms with E-state index in [1.165, 1.54) is 0 Å². The molecule has 0 fully saturated rings. The van der Waals surface area contributed by atoms with Crippen LogP contribution in [0.2, 0.25) is 0 Å². The third-order valence-corrected chi connectivity index (χ3v) is 4.19. The van der Waals surface area contributed by atoms with Crippen LogP contribution in [0, 0.1) is 11.3 Å². The molecule has 0 amide bonds. The second kappa shape index (κ2) is 3.82. The molecule has 0 aliphatic rings. The Morgan fingerprint density at radius 3 is 2.93 bits per heavy atom. The van der Waals surface area contributed by atoms with Gasteiger partial charge in [-0.3, -0.25) is 0 Å². The largest absolute Gasteiger partial charge is 0.192 e. The summed E-state index contributed by atoms with van der Waals surface area (Å²) in [5.41, 5.74) is 0.691. The first-order chi connectivity index (χ1) is 6.77. The number of alkyl halides is 1. The van der Waals surface area contributed by atoms with Crippen molar-refractivity contribution < 1.29 is 0 Å². The van der Waals surface area contributed by atoms with E-state index in [4.69, 9.17) is 16.9 Å². The molecule has 0 aliphatic heterocycles. The van der Waals surface area contributed by atoms with Crippen LogP contribution in [-0.4, -0.2) is 0 Å². The van der Waals surface area contributed by atoms with Crippen LogP contribution in [0.3, 0.4) is 0 Å². The molecule has 1 heterocycles. The number of hydrogen-bond donors (Lipinski definition) is 1. The Bertz CT molecular complexity index is 525. The average Bonchev–Trinajstić information content (AvgIpc) is 2.57. The highest BCUT2D eigenvalue weighted by Crippen LogP contribution is 2.35. The molecule has 0 aliphatic carbocycles. The van der Waals surface area contributed by atoms with Crippen LogP contribution in [-0.2, 0) is 5.88 Å². The fourth-order valence-corrected chi connectivity index (χ4v) is 3.02. The maximum Gasteiger partial charge on any atom is 0.101 e. The van der Waals surface area contributed by atoms with Gasteiger partial charge in [0, 0.05) is 19.9 Å². The fourth-order valence-electron chi connectivity index (χ4n) is 1.37. The summed E-state index contributed by atoms with van der Waals surface area (Å²) in [6, 6.07) is 7.94. The number of rotatable bonds is 1. The molecule has 0 saturated carbocycles. The lowest BCUT2D eigenvalue weighted by atomic mass is 10.1. The van der Waals surface area contributed by atoms with Crippen molar-refractivity contribution in [2.24, 2.45) is 0 Å². The molecule has 0 atom stereocenters. The zero-order chi connectivity index (χ0) is 10.1. The maximum atomic E-state index is 9.00. The second-order valence-corrected chi connectivity index (χ2v) is 4.65. The number of thiol groups is 1. The van der Waals surface area contributed by atoms with Gasteiger partial charge in [0.1, 0.15) is 6.07 Å². The minimum absolute atomic E-state index is 0.384. The zero-order valence-electron chi connectivity index (χ0n) is 7.12. The molecule has 1 aromatic carbocycles. The number of fused-ring (bicyclic) bond motifs is 1.